The molecule has 0 radical (unpaired) electrons. The molecule has 2 atom stereocenters. The molecular weight excluding hydrogens is 358 g/mol. The zero-order valence-electron chi connectivity index (χ0n) is 16.4. The van der Waals surface area contributed by atoms with E-state index in [1.807, 2.05) is 11.3 Å². The number of hydrogen-bond donors (Lipinski definition) is 2. The molecule has 3 aliphatic heterocycles. The third kappa shape index (κ3) is 4.95. The molecule has 0 aromatic carbocycles. The number of ether oxygens (including phenoxy) is 1. The molecule has 4 rings (SSSR count). The van der Waals surface area contributed by atoms with E-state index in [9.17, 15) is 0 Å². The van der Waals surface area contributed by atoms with Crippen LogP contribution in [-0.2, 0) is 4.74 Å². The summed E-state index contributed by atoms with van der Waals surface area (Å²) in [5.41, 5.74) is 0. The number of anilines is 1. The standard InChI is InChI=1S/C20H33N5OS/c1-2-21-20(22-13-18-14-25-9-3-5-17(25)15-26-18)23-16-7-10-24(11-8-16)19-6-4-12-27-19/h4,6,12,16-18H,2-3,5,7-11,13-15H2,1H3,(H2,21,22,23). The van der Waals surface area contributed by atoms with Crippen molar-refractivity contribution in [3.63, 3.8) is 0 Å². The summed E-state index contributed by atoms with van der Waals surface area (Å²) in [7, 11) is 0. The highest BCUT2D eigenvalue weighted by molar-refractivity contribution is 7.14. The number of rotatable bonds is 5. The molecule has 0 spiro atoms. The summed E-state index contributed by atoms with van der Waals surface area (Å²) in [5, 5.41) is 10.6. The van der Waals surface area contributed by atoms with Crippen molar-refractivity contribution >= 4 is 22.3 Å². The molecule has 1 aromatic heterocycles. The Labute approximate surface area is 167 Å². The van der Waals surface area contributed by atoms with Gasteiger partial charge in [0.15, 0.2) is 5.96 Å². The summed E-state index contributed by atoms with van der Waals surface area (Å²) in [6, 6.07) is 5.51. The molecule has 27 heavy (non-hydrogen) atoms. The lowest BCUT2D eigenvalue weighted by Crippen LogP contribution is -2.50. The summed E-state index contributed by atoms with van der Waals surface area (Å²) in [5.74, 6) is 0.944. The van der Waals surface area contributed by atoms with Crippen LogP contribution in [0, 0.1) is 0 Å². The number of hydrogen-bond acceptors (Lipinski definition) is 5. The highest BCUT2D eigenvalue weighted by Gasteiger charge is 2.32. The van der Waals surface area contributed by atoms with Gasteiger partial charge in [-0.1, -0.05) is 0 Å². The fourth-order valence-electron chi connectivity index (χ4n) is 4.40. The summed E-state index contributed by atoms with van der Waals surface area (Å²) in [6.07, 6.45) is 5.15. The second-order valence-corrected chi connectivity index (χ2v) is 8.75. The summed E-state index contributed by atoms with van der Waals surface area (Å²) in [4.78, 5) is 9.93. The van der Waals surface area contributed by atoms with Crippen molar-refractivity contribution in [3.8, 4) is 0 Å². The monoisotopic (exact) mass is 391 g/mol. The van der Waals surface area contributed by atoms with E-state index in [1.165, 1.54) is 24.4 Å². The van der Waals surface area contributed by atoms with Crippen molar-refractivity contribution in [1.29, 1.82) is 0 Å². The van der Waals surface area contributed by atoms with Crippen LogP contribution in [0.15, 0.2) is 22.5 Å². The number of nitrogens with zero attached hydrogens (tertiary/aromatic N) is 3. The maximum atomic E-state index is 6.06. The Morgan fingerprint density at radius 2 is 2.19 bits per heavy atom. The second kappa shape index (κ2) is 9.26. The van der Waals surface area contributed by atoms with Crippen LogP contribution in [0.5, 0.6) is 0 Å². The fourth-order valence-corrected chi connectivity index (χ4v) is 5.18. The summed E-state index contributed by atoms with van der Waals surface area (Å²) >= 11 is 1.83. The number of guanidine groups is 1. The normalized spacial score (nSPS) is 27.6. The first-order valence-electron chi connectivity index (χ1n) is 10.5. The first kappa shape index (κ1) is 19.0. The zero-order valence-corrected chi connectivity index (χ0v) is 17.2. The first-order valence-corrected chi connectivity index (χ1v) is 11.4. The van der Waals surface area contributed by atoms with E-state index < -0.39 is 0 Å². The molecule has 3 fully saturated rings. The van der Waals surface area contributed by atoms with Gasteiger partial charge in [0.2, 0.25) is 0 Å². The van der Waals surface area contributed by atoms with Crippen molar-refractivity contribution < 1.29 is 4.74 Å². The molecule has 0 bridgehead atoms. The van der Waals surface area contributed by atoms with Crippen LogP contribution in [0.2, 0.25) is 0 Å². The Hall–Kier alpha value is -1.31. The molecule has 150 valence electrons. The zero-order chi connectivity index (χ0) is 18.5. The van der Waals surface area contributed by atoms with E-state index in [2.05, 4.69) is 44.9 Å². The van der Waals surface area contributed by atoms with Crippen LogP contribution in [0.4, 0.5) is 5.00 Å². The van der Waals surface area contributed by atoms with Crippen LogP contribution in [-0.4, -0.2) is 74.9 Å². The Balaban J connectivity index is 1.26. The number of morpholine rings is 1. The second-order valence-electron chi connectivity index (χ2n) is 7.82. The maximum Gasteiger partial charge on any atom is 0.191 e. The highest BCUT2D eigenvalue weighted by atomic mass is 32.1. The molecule has 0 aliphatic carbocycles. The van der Waals surface area contributed by atoms with Crippen LogP contribution in [0.1, 0.15) is 32.6 Å². The Morgan fingerprint density at radius 3 is 2.96 bits per heavy atom. The molecule has 6 nitrogen and oxygen atoms in total. The predicted molar refractivity (Wildman–Crippen MR) is 113 cm³/mol. The Bertz CT molecular complexity index is 600. The predicted octanol–water partition coefficient (Wildman–Crippen LogP) is 2.14. The lowest BCUT2D eigenvalue weighted by atomic mass is 10.1. The van der Waals surface area contributed by atoms with Crippen LogP contribution in [0.3, 0.4) is 0 Å². The van der Waals surface area contributed by atoms with E-state index in [1.54, 1.807) is 0 Å². The molecule has 2 unspecified atom stereocenters. The molecule has 3 aliphatic rings. The molecule has 0 amide bonds. The summed E-state index contributed by atoms with van der Waals surface area (Å²) in [6.45, 7) is 9.13. The van der Waals surface area contributed by atoms with Gasteiger partial charge < -0.3 is 20.3 Å². The smallest absolute Gasteiger partial charge is 0.191 e. The van der Waals surface area contributed by atoms with Crippen LogP contribution >= 0.6 is 11.3 Å². The topological polar surface area (TPSA) is 52.1 Å². The molecule has 0 saturated carbocycles. The number of piperidine rings is 1. The Morgan fingerprint density at radius 1 is 1.30 bits per heavy atom. The van der Waals surface area contributed by atoms with Gasteiger partial charge in [0.25, 0.3) is 0 Å². The van der Waals surface area contributed by atoms with Crippen molar-refractivity contribution in [1.82, 2.24) is 15.5 Å². The SMILES string of the molecule is CCNC(=NCC1CN2CCCC2CO1)NC1CCN(c2cccs2)CC1. The van der Waals surface area contributed by atoms with Crippen LogP contribution < -0.4 is 15.5 Å². The van der Waals surface area contributed by atoms with Gasteiger partial charge in [0.05, 0.1) is 24.3 Å². The molecule has 3 saturated heterocycles. The lowest BCUT2D eigenvalue weighted by Gasteiger charge is -2.35. The van der Waals surface area contributed by atoms with E-state index in [0.717, 1.165) is 58.1 Å². The van der Waals surface area contributed by atoms with Crippen LogP contribution in [0.25, 0.3) is 0 Å². The molecular formula is C20H33N5OS. The maximum absolute atomic E-state index is 6.06. The van der Waals surface area contributed by atoms with E-state index >= 15 is 0 Å². The van der Waals surface area contributed by atoms with Gasteiger partial charge in [-0.05, 0) is 56.7 Å². The first-order chi connectivity index (χ1) is 13.3. The third-order valence-electron chi connectivity index (χ3n) is 5.91. The van der Waals surface area contributed by atoms with E-state index in [4.69, 9.17) is 9.73 Å². The van der Waals surface area contributed by atoms with Gasteiger partial charge in [-0.15, -0.1) is 11.3 Å². The molecule has 1 aromatic rings. The van der Waals surface area contributed by atoms with Crippen molar-refractivity contribution in [2.24, 2.45) is 4.99 Å². The van der Waals surface area contributed by atoms with E-state index in [0.29, 0.717) is 12.1 Å². The van der Waals surface area contributed by atoms with Gasteiger partial charge in [0, 0.05) is 38.3 Å². The largest absolute Gasteiger partial charge is 0.373 e. The van der Waals surface area contributed by atoms with Crippen molar-refractivity contribution in [3.05, 3.63) is 17.5 Å². The molecule has 2 N–H and O–H groups in total. The number of aliphatic imine (C=N–C) groups is 1. The average Bonchev–Trinajstić information content (AvgIpc) is 3.38. The minimum Gasteiger partial charge on any atom is -0.373 e. The van der Waals surface area contributed by atoms with Gasteiger partial charge in [-0.2, -0.15) is 0 Å². The quantitative estimate of drug-likeness (QED) is 0.595. The van der Waals surface area contributed by atoms with Gasteiger partial charge in [-0.3, -0.25) is 9.89 Å². The minimum atomic E-state index is 0.232. The number of thiophene rings is 1. The highest BCUT2D eigenvalue weighted by Crippen LogP contribution is 2.25. The lowest BCUT2D eigenvalue weighted by molar-refractivity contribution is -0.0432. The molecule has 4 heterocycles. The number of nitrogens with one attached hydrogen (secondary N) is 2. The fraction of sp³-hybridized carbons (Fsp3) is 0.750. The number of fused-ring (bicyclic) bond motifs is 1. The average molecular weight is 392 g/mol. The van der Waals surface area contributed by atoms with Gasteiger partial charge in [0.1, 0.15) is 0 Å². The van der Waals surface area contributed by atoms with Gasteiger partial charge >= 0.3 is 0 Å². The minimum absolute atomic E-state index is 0.232. The van der Waals surface area contributed by atoms with Gasteiger partial charge in [-0.25, -0.2) is 0 Å². The third-order valence-corrected chi connectivity index (χ3v) is 6.84. The Kier molecular flexibility index (Phi) is 6.52. The van der Waals surface area contributed by atoms with Crippen molar-refractivity contribution in [2.45, 2.75) is 50.8 Å². The van der Waals surface area contributed by atoms with E-state index in [-0.39, 0.29) is 6.10 Å². The summed E-state index contributed by atoms with van der Waals surface area (Å²) < 4.78 is 6.06. The van der Waals surface area contributed by atoms with Crippen molar-refractivity contribution in [2.75, 3.05) is 50.8 Å². The molecule has 7 heteroatoms.